The predicted octanol–water partition coefficient (Wildman–Crippen LogP) is 2.74. The normalized spacial score (nSPS) is 24.5. The molecule has 0 aromatic rings. The Morgan fingerprint density at radius 3 is 2.60 bits per heavy atom. The molecule has 0 fully saturated rings. The van der Waals surface area contributed by atoms with Gasteiger partial charge in [0, 0.05) is 37.2 Å². The number of carbonyl (C=O) groups is 2. The van der Waals surface area contributed by atoms with Crippen LogP contribution in [0.25, 0.3) is 0 Å². The molecule has 1 aliphatic rings. The quantitative estimate of drug-likeness (QED) is 0.533. The molecule has 0 unspecified atom stereocenters. The third kappa shape index (κ3) is 3.89. The number of hydrogen-bond acceptors (Lipinski definition) is 3. The number of hydrogen-bond donors (Lipinski definition) is 1. The first-order valence-electron chi connectivity index (χ1n) is 4.26. The van der Waals surface area contributed by atoms with Gasteiger partial charge in [-0.25, -0.2) is 4.79 Å². The summed E-state index contributed by atoms with van der Waals surface area (Å²) in [6.07, 6.45) is 2.03. The number of cyclic esters (lactones) is 1. The number of halogens is 2. The molecular weight excluding hydrogens is 426 g/mol. The molecule has 1 atom stereocenters. The molecule has 0 radical (unpaired) electrons. The highest BCUT2D eigenvalue weighted by Crippen LogP contribution is 2.30. The summed E-state index contributed by atoms with van der Waals surface area (Å²) in [6.45, 7) is 3.38. The molecule has 0 bridgehead atoms. The third-order valence-corrected chi connectivity index (χ3v) is 2.33. The van der Waals surface area contributed by atoms with Crippen molar-refractivity contribution in [2.24, 2.45) is 5.41 Å². The van der Waals surface area contributed by atoms with Gasteiger partial charge in [-0.15, -0.1) is 0 Å². The highest BCUT2D eigenvalue weighted by atomic mass is 128. The lowest BCUT2D eigenvalue weighted by molar-refractivity contribution is -0.153. The molecule has 0 amide bonds. The fraction of sp³-hybridized carbons (Fsp3) is 0.556. The molecule has 86 valence electrons. The van der Waals surface area contributed by atoms with Gasteiger partial charge in [0.2, 0.25) is 0 Å². The lowest BCUT2D eigenvalue weighted by Crippen LogP contribution is -2.33. The van der Waals surface area contributed by atoms with Crippen molar-refractivity contribution in [1.82, 2.24) is 0 Å². The second kappa shape index (κ2) is 6.66. The van der Waals surface area contributed by atoms with Crippen LogP contribution in [0.2, 0.25) is 0 Å². The van der Waals surface area contributed by atoms with Crippen molar-refractivity contribution in [1.29, 1.82) is 0 Å². The van der Waals surface area contributed by atoms with E-state index in [0.717, 1.165) is 0 Å². The van der Waals surface area contributed by atoms with E-state index in [1.807, 2.05) is 6.92 Å². The molecule has 1 rings (SSSR count). The Balaban J connectivity index is 0.000000921. The second-order valence-corrected chi connectivity index (χ2v) is 3.32. The highest BCUT2D eigenvalue weighted by Gasteiger charge is 2.36. The molecule has 0 aromatic carbocycles. The summed E-state index contributed by atoms with van der Waals surface area (Å²) >= 11 is 4.24. The maximum atomic E-state index is 11.3. The van der Waals surface area contributed by atoms with Crippen LogP contribution in [0.1, 0.15) is 20.3 Å². The van der Waals surface area contributed by atoms with Gasteiger partial charge < -0.3 is 9.84 Å². The van der Waals surface area contributed by atoms with E-state index >= 15 is 0 Å². The van der Waals surface area contributed by atoms with Gasteiger partial charge in [0.25, 0.3) is 0 Å². The van der Waals surface area contributed by atoms with Crippen molar-refractivity contribution in [2.45, 2.75) is 20.3 Å². The van der Waals surface area contributed by atoms with E-state index in [-0.39, 0.29) is 18.1 Å². The number of ether oxygens (including phenoxy) is 1. The van der Waals surface area contributed by atoms with Gasteiger partial charge in [-0.05, 0) is 13.3 Å². The summed E-state index contributed by atoms with van der Waals surface area (Å²) in [5, 5.41) is 8.69. The first-order chi connectivity index (χ1) is 6.99. The Hall–Kier alpha value is 0.140. The van der Waals surface area contributed by atoms with Crippen molar-refractivity contribution in [3.63, 3.8) is 0 Å². The Morgan fingerprint density at radius 2 is 2.20 bits per heavy atom. The molecular formula is C9H12I2O4. The minimum Gasteiger partial charge on any atom is -0.478 e. The lowest BCUT2D eigenvalue weighted by Gasteiger charge is -2.27. The summed E-state index contributed by atoms with van der Waals surface area (Å²) in [6, 6.07) is 0. The second-order valence-electron chi connectivity index (χ2n) is 3.32. The number of rotatable bonds is 2. The summed E-state index contributed by atoms with van der Waals surface area (Å²) in [5.41, 5.74) is -0.615. The molecule has 1 heterocycles. The summed E-state index contributed by atoms with van der Waals surface area (Å²) in [5.74, 6) is -1.37. The van der Waals surface area contributed by atoms with Crippen LogP contribution in [-0.4, -0.2) is 23.7 Å². The van der Waals surface area contributed by atoms with Crippen molar-refractivity contribution < 1.29 is 19.4 Å². The van der Waals surface area contributed by atoms with Crippen LogP contribution in [-0.2, 0) is 14.3 Å². The van der Waals surface area contributed by atoms with E-state index in [0.29, 0.717) is 6.42 Å². The molecule has 0 spiro atoms. The molecule has 0 aromatic heterocycles. The number of esters is 1. The summed E-state index contributed by atoms with van der Waals surface area (Å²) in [7, 11) is 0. The van der Waals surface area contributed by atoms with E-state index in [2.05, 4.69) is 37.2 Å². The standard InChI is InChI=1S/C9H12O4.I2/c1-3-9(2)4-6(7(10)11)5-13-8(9)12;1-2/h4H,3,5H2,1-2H3,(H,10,11);/t9-;/m1./s1. The van der Waals surface area contributed by atoms with Crippen LogP contribution >= 0.6 is 37.2 Å². The van der Waals surface area contributed by atoms with Crippen LogP contribution in [0.4, 0.5) is 0 Å². The van der Waals surface area contributed by atoms with Crippen LogP contribution in [0, 0.1) is 5.41 Å². The maximum Gasteiger partial charge on any atom is 0.334 e. The molecule has 1 aliphatic heterocycles. The molecule has 15 heavy (non-hydrogen) atoms. The van der Waals surface area contributed by atoms with E-state index in [9.17, 15) is 9.59 Å². The highest BCUT2D eigenvalue weighted by molar-refractivity contribution is 15.0. The summed E-state index contributed by atoms with van der Waals surface area (Å²) < 4.78 is 4.77. The van der Waals surface area contributed by atoms with Gasteiger partial charge >= 0.3 is 11.9 Å². The largest absolute Gasteiger partial charge is 0.478 e. The van der Waals surface area contributed by atoms with E-state index in [1.165, 1.54) is 6.08 Å². The molecule has 0 saturated carbocycles. The average Bonchev–Trinajstić information content (AvgIpc) is 2.25. The lowest BCUT2D eigenvalue weighted by atomic mass is 9.84. The maximum absolute atomic E-state index is 11.3. The van der Waals surface area contributed by atoms with E-state index in [4.69, 9.17) is 9.84 Å². The predicted molar refractivity (Wildman–Crippen MR) is 73.1 cm³/mol. The Morgan fingerprint density at radius 1 is 1.67 bits per heavy atom. The number of carboxylic acids is 1. The summed E-state index contributed by atoms with van der Waals surface area (Å²) in [4.78, 5) is 21.9. The zero-order valence-electron chi connectivity index (χ0n) is 8.42. The first kappa shape index (κ1) is 15.1. The van der Waals surface area contributed by atoms with Gasteiger partial charge in [0.15, 0.2) is 0 Å². The molecule has 0 saturated heterocycles. The van der Waals surface area contributed by atoms with Crippen molar-refractivity contribution in [2.75, 3.05) is 6.61 Å². The molecule has 0 aliphatic carbocycles. The minimum atomic E-state index is -1.02. The van der Waals surface area contributed by atoms with Crippen LogP contribution in [0.3, 0.4) is 0 Å². The molecule has 6 heteroatoms. The number of carboxylic acid groups (broad SMARTS) is 1. The smallest absolute Gasteiger partial charge is 0.334 e. The van der Waals surface area contributed by atoms with Crippen LogP contribution in [0.5, 0.6) is 0 Å². The fourth-order valence-corrected chi connectivity index (χ4v) is 1.16. The molecule has 4 nitrogen and oxygen atoms in total. The number of aliphatic carboxylic acids is 1. The van der Waals surface area contributed by atoms with Crippen LogP contribution in [0.15, 0.2) is 11.6 Å². The van der Waals surface area contributed by atoms with Gasteiger partial charge in [0.05, 0.1) is 11.0 Å². The van der Waals surface area contributed by atoms with Gasteiger partial charge in [-0.3, -0.25) is 4.79 Å². The van der Waals surface area contributed by atoms with Gasteiger partial charge in [-0.2, -0.15) is 0 Å². The fourth-order valence-electron chi connectivity index (χ4n) is 1.16. The first-order valence-corrected chi connectivity index (χ1v) is 10.5. The van der Waals surface area contributed by atoms with Crippen molar-refractivity contribution in [3.05, 3.63) is 11.6 Å². The Bertz CT molecular complexity index is 288. The third-order valence-electron chi connectivity index (χ3n) is 2.33. The molecule has 1 N–H and O–H groups in total. The zero-order valence-corrected chi connectivity index (χ0v) is 12.7. The Labute approximate surface area is 112 Å². The SMILES string of the molecule is CC[C@]1(C)C=C(C(=O)O)COC1=O.II. The monoisotopic (exact) mass is 438 g/mol. The number of carbonyl (C=O) groups excluding carboxylic acids is 1. The van der Waals surface area contributed by atoms with E-state index < -0.39 is 11.4 Å². The van der Waals surface area contributed by atoms with Crippen LogP contribution < -0.4 is 0 Å². The zero-order chi connectivity index (χ0) is 12.1. The minimum absolute atomic E-state index is 0.121. The Kier molecular flexibility index (Phi) is 6.73. The van der Waals surface area contributed by atoms with Gasteiger partial charge in [-0.1, -0.05) is 13.0 Å². The van der Waals surface area contributed by atoms with E-state index in [1.54, 1.807) is 6.92 Å². The van der Waals surface area contributed by atoms with Crippen molar-refractivity contribution in [3.8, 4) is 0 Å². The van der Waals surface area contributed by atoms with Gasteiger partial charge in [0.1, 0.15) is 6.61 Å². The topological polar surface area (TPSA) is 63.6 Å². The average molecular weight is 438 g/mol. The van der Waals surface area contributed by atoms with Crippen molar-refractivity contribution >= 4 is 49.2 Å².